The van der Waals surface area contributed by atoms with Crippen molar-refractivity contribution in [1.29, 1.82) is 0 Å². The SMILES string of the molecule is Cc1ccc(C)c([C@@H](C)NC(=O)[C@@H](C)Oc2ccc(C)c(C)c2)c1. The Morgan fingerprint density at radius 2 is 1.58 bits per heavy atom. The molecule has 0 aliphatic heterocycles. The molecule has 0 spiro atoms. The Morgan fingerprint density at radius 1 is 0.917 bits per heavy atom. The lowest BCUT2D eigenvalue weighted by atomic mass is 10.00. The van der Waals surface area contributed by atoms with Crippen LogP contribution in [0, 0.1) is 27.7 Å². The van der Waals surface area contributed by atoms with Gasteiger partial charge in [0.2, 0.25) is 0 Å². The normalized spacial score (nSPS) is 13.2. The number of aryl methyl sites for hydroxylation is 4. The minimum atomic E-state index is -0.542. The first-order valence-corrected chi connectivity index (χ1v) is 8.39. The highest BCUT2D eigenvalue weighted by Gasteiger charge is 2.19. The molecule has 3 nitrogen and oxygen atoms in total. The number of nitrogens with one attached hydrogen (secondary N) is 1. The first-order valence-electron chi connectivity index (χ1n) is 8.39. The summed E-state index contributed by atoms with van der Waals surface area (Å²) >= 11 is 0. The number of hydrogen-bond acceptors (Lipinski definition) is 2. The minimum absolute atomic E-state index is 0.0526. The van der Waals surface area contributed by atoms with Gasteiger partial charge >= 0.3 is 0 Å². The number of carbonyl (C=O) groups is 1. The van der Waals surface area contributed by atoms with Crippen LogP contribution in [0.25, 0.3) is 0 Å². The molecule has 1 N–H and O–H groups in total. The topological polar surface area (TPSA) is 38.3 Å². The van der Waals surface area contributed by atoms with E-state index in [1.54, 1.807) is 6.92 Å². The fraction of sp³-hybridized carbons (Fsp3) is 0.381. The highest BCUT2D eigenvalue weighted by Crippen LogP contribution is 2.20. The van der Waals surface area contributed by atoms with Gasteiger partial charge in [0.05, 0.1) is 6.04 Å². The van der Waals surface area contributed by atoms with Gasteiger partial charge in [-0.1, -0.05) is 29.8 Å². The van der Waals surface area contributed by atoms with Crippen molar-refractivity contribution in [3.8, 4) is 5.75 Å². The van der Waals surface area contributed by atoms with E-state index in [1.807, 2.05) is 32.0 Å². The molecule has 0 saturated carbocycles. The predicted molar refractivity (Wildman–Crippen MR) is 98.5 cm³/mol. The fourth-order valence-corrected chi connectivity index (χ4v) is 2.68. The molecule has 0 fully saturated rings. The maximum Gasteiger partial charge on any atom is 0.261 e. The fourth-order valence-electron chi connectivity index (χ4n) is 2.68. The molecule has 0 unspecified atom stereocenters. The van der Waals surface area contributed by atoms with Crippen LogP contribution in [0.3, 0.4) is 0 Å². The Kier molecular flexibility index (Phi) is 5.66. The molecular weight excluding hydrogens is 298 g/mol. The molecule has 0 aliphatic carbocycles. The zero-order valence-electron chi connectivity index (χ0n) is 15.4. The van der Waals surface area contributed by atoms with Crippen molar-refractivity contribution in [1.82, 2.24) is 5.32 Å². The van der Waals surface area contributed by atoms with E-state index in [0.29, 0.717) is 0 Å². The van der Waals surface area contributed by atoms with Crippen LogP contribution in [0.2, 0.25) is 0 Å². The van der Waals surface area contributed by atoms with Gasteiger partial charge in [-0.3, -0.25) is 4.79 Å². The summed E-state index contributed by atoms with van der Waals surface area (Å²) in [6, 6.07) is 12.1. The zero-order chi connectivity index (χ0) is 17.9. The molecule has 2 atom stereocenters. The summed E-state index contributed by atoms with van der Waals surface area (Å²) in [5.41, 5.74) is 5.88. The monoisotopic (exact) mass is 325 g/mol. The van der Waals surface area contributed by atoms with Gasteiger partial charge in [-0.05, 0) is 75.9 Å². The Bertz CT molecular complexity index is 737. The maximum atomic E-state index is 12.4. The highest BCUT2D eigenvalue weighted by atomic mass is 16.5. The molecule has 1 amide bonds. The summed E-state index contributed by atoms with van der Waals surface area (Å²) in [4.78, 5) is 12.4. The first kappa shape index (κ1) is 18.1. The van der Waals surface area contributed by atoms with Crippen molar-refractivity contribution in [3.63, 3.8) is 0 Å². The van der Waals surface area contributed by atoms with E-state index >= 15 is 0 Å². The summed E-state index contributed by atoms with van der Waals surface area (Å²) < 4.78 is 5.79. The van der Waals surface area contributed by atoms with Gasteiger partial charge in [-0.2, -0.15) is 0 Å². The average Bonchev–Trinajstić information content (AvgIpc) is 2.53. The molecule has 2 rings (SSSR count). The molecule has 0 heterocycles. The smallest absolute Gasteiger partial charge is 0.261 e. The van der Waals surface area contributed by atoms with Crippen LogP contribution in [-0.2, 0) is 4.79 Å². The largest absolute Gasteiger partial charge is 0.481 e. The lowest BCUT2D eigenvalue weighted by Gasteiger charge is -2.21. The van der Waals surface area contributed by atoms with Crippen LogP contribution in [0.15, 0.2) is 36.4 Å². The number of rotatable bonds is 5. The molecule has 0 aromatic heterocycles. The molecule has 2 aromatic carbocycles. The molecule has 0 aliphatic rings. The highest BCUT2D eigenvalue weighted by molar-refractivity contribution is 5.81. The third-order valence-electron chi connectivity index (χ3n) is 4.42. The number of amides is 1. The summed E-state index contributed by atoms with van der Waals surface area (Å²) in [5.74, 6) is 0.613. The first-order chi connectivity index (χ1) is 11.3. The minimum Gasteiger partial charge on any atom is -0.481 e. The van der Waals surface area contributed by atoms with Crippen LogP contribution in [0.5, 0.6) is 5.75 Å². The van der Waals surface area contributed by atoms with Gasteiger partial charge < -0.3 is 10.1 Å². The zero-order valence-corrected chi connectivity index (χ0v) is 15.4. The van der Waals surface area contributed by atoms with Crippen molar-refractivity contribution < 1.29 is 9.53 Å². The maximum absolute atomic E-state index is 12.4. The molecular formula is C21H27NO2. The van der Waals surface area contributed by atoms with Gasteiger partial charge in [0.1, 0.15) is 5.75 Å². The van der Waals surface area contributed by atoms with Gasteiger partial charge in [0, 0.05) is 0 Å². The van der Waals surface area contributed by atoms with E-state index in [1.165, 1.54) is 16.7 Å². The molecule has 2 aromatic rings. The average molecular weight is 325 g/mol. The molecule has 3 heteroatoms. The third kappa shape index (κ3) is 4.38. The van der Waals surface area contributed by atoms with E-state index in [2.05, 4.69) is 44.3 Å². The summed E-state index contributed by atoms with van der Waals surface area (Å²) in [7, 11) is 0. The Hall–Kier alpha value is -2.29. The van der Waals surface area contributed by atoms with Crippen molar-refractivity contribution in [2.24, 2.45) is 0 Å². The third-order valence-corrected chi connectivity index (χ3v) is 4.42. The Balaban J connectivity index is 2.02. The predicted octanol–water partition coefficient (Wildman–Crippen LogP) is 4.56. The number of ether oxygens (including phenoxy) is 1. The molecule has 0 bridgehead atoms. The second-order valence-electron chi connectivity index (χ2n) is 6.60. The van der Waals surface area contributed by atoms with Gasteiger partial charge in [0.15, 0.2) is 6.10 Å². The Morgan fingerprint density at radius 3 is 2.25 bits per heavy atom. The number of benzene rings is 2. The second-order valence-corrected chi connectivity index (χ2v) is 6.60. The molecule has 0 saturated heterocycles. The summed E-state index contributed by atoms with van der Waals surface area (Å²) in [6.45, 7) is 12.0. The quantitative estimate of drug-likeness (QED) is 0.875. The second kappa shape index (κ2) is 7.52. The van der Waals surface area contributed by atoms with Crippen LogP contribution >= 0.6 is 0 Å². The van der Waals surface area contributed by atoms with Crippen molar-refractivity contribution >= 4 is 5.91 Å². The van der Waals surface area contributed by atoms with Gasteiger partial charge in [0.25, 0.3) is 5.91 Å². The van der Waals surface area contributed by atoms with Crippen LogP contribution in [-0.4, -0.2) is 12.0 Å². The standard InChI is InChI=1S/C21H27NO2/c1-13-7-8-15(3)20(11-13)17(5)22-21(23)18(6)24-19-10-9-14(2)16(4)12-19/h7-12,17-18H,1-6H3,(H,22,23)/t17-,18-/m1/s1. The van der Waals surface area contributed by atoms with Gasteiger partial charge in [-0.15, -0.1) is 0 Å². The van der Waals surface area contributed by atoms with E-state index in [4.69, 9.17) is 4.74 Å². The molecule has 128 valence electrons. The summed E-state index contributed by atoms with van der Waals surface area (Å²) in [6.07, 6.45) is -0.542. The van der Waals surface area contributed by atoms with Crippen LogP contribution in [0.4, 0.5) is 0 Å². The molecule has 0 radical (unpaired) electrons. The van der Waals surface area contributed by atoms with Crippen molar-refractivity contribution in [2.75, 3.05) is 0 Å². The van der Waals surface area contributed by atoms with E-state index in [0.717, 1.165) is 16.9 Å². The van der Waals surface area contributed by atoms with Crippen molar-refractivity contribution in [3.05, 3.63) is 64.2 Å². The number of carbonyl (C=O) groups excluding carboxylic acids is 1. The van der Waals surface area contributed by atoms with Crippen LogP contribution < -0.4 is 10.1 Å². The van der Waals surface area contributed by atoms with E-state index < -0.39 is 6.10 Å². The van der Waals surface area contributed by atoms with Crippen LogP contribution in [0.1, 0.15) is 47.7 Å². The molecule has 24 heavy (non-hydrogen) atoms. The van der Waals surface area contributed by atoms with E-state index in [9.17, 15) is 4.79 Å². The van der Waals surface area contributed by atoms with Crippen molar-refractivity contribution in [2.45, 2.75) is 53.7 Å². The number of hydrogen-bond donors (Lipinski definition) is 1. The lowest BCUT2D eigenvalue weighted by Crippen LogP contribution is -2.38. The van der Waals surface area contributed by atoms with E-state index in [-0.39, 0.29) is 11.9 Å². The van der Waals surface area contributed by atoms with Gasteiger partial charge in [-0.25, -0.2) is 0 Å². The lowest BCUT2D eigenvalue weighted by molar-refractivity contribution is -0.127. The Labute approximate surface area is 145 Å². The summed E-state index contributed by atoms with van der Waals surface area (Å²) in [5, 5.41) is 3.05.